The molecule has 0 radical (unpaired) electrons. The first-order valence-electron chi connectivity index (χ1n) is 7.57. The molecule has 3 rings (SSSR count). The molecule has 0 unspecified atom stereocenters. The topological polar surface area (TPSA) is 50.9 Å². The maximum atomic E-state index is 5.71. The second kappa shape index (κ2) is 5.41. The summed E-state index contributed by atoms with van der Waals surface area (Å²) in [5.41, 5.74) is 7.69. The summed E-state index contributed by atoms with van der Waals surface area (Å²) >= 11 is 0. The quantitative estimate of drug-likeness (QED) is 0.635. The van der Waals surface area contributed by atoms with Crippen molar-refractivity contribution in [3.8, 4) is 0 Å². The molecule has 1 heterocycles. The number of hydrogen-bond acceptors (Lipinski definition) is 3. The van der Waals surface area contributed by atoms with Gasteiger partial charge in [-0.05, 0) is 61.4 Å². The van der Waals surface area contributed by atoms with Crippen LogP contribution in [0.1, 0.15) is 54.7 Å². The van der Waals surface area contributed by atoms with E-state index in [4.69, 9.17) is 10.8 Å². The molecule has 1 aliphatic rings. The molecule has 0 spiro atoms. The molecule has 20 heavy (non-hydrogen) atoms. The number of aromatic nitrogens is 1. The van der Waals surface area contributed by atoms with Gasteiger partial charge in [0.2, 0.25) is 0 Å². The number of nitrogens with zero attached hydrogens (tertiary/aromatic N) is 1. The number of anilines is 1. The Morgan fingerprint density at radius 2 is 1.85 bits per heavy atom. The number of pyridine rings is 1. The van der Waals surface area contributed by atoms with Gasteiger partial charge in [0.05, 0.1) is 5.52 Å². The molecule has 0 amide bonds. The SMILES string of the molecule is Cc1cc(C)c2cc(C3CCCCC3)c(NN)nc2c1. The Morgan fingerprint density at radius 1 is 1.10 bits per heavy atom. The van der Waals surface area contributed by atoms with E-state index in [1.165, 1.54) is 54.2 Å². The van der Waals surface area contributed by atoms with Gasteiger partial charge in [-0.2, -0.15) is 0 Å². The van der Waals surface area contributed by atoms with Gasteiger partial charge in [-0.3, -0.25) is 0 Å². The summed E-state index contributed by atoms with van der Waals surface area (Å²) < 4.78 is 0. The van der Waals surface area contributed by atoms with E-state index < -0.39 is 0 Å². The lowest BCUT2D eigenvalue weighted by Gasteiger charge is -2.24. The fourth-order valence-corrected chi connectivity index (χ4v) is 3.49. The van der Waals surface area contributed by atoms with Crippen LogP contribution in [-0.2, 0) is 0 Å². The number of nitrogen functional groups attached to an aromatic ring is 1. The average molecular weight is 269 g/mol. The summed E-state index contributed by atoms with van der Waals surface area (Å²) in [6.07, 6.45) is 6.51. The summed E-state index contributed by atoms with van der Waals surface area (Å²) in [6.45, 7) is 4.27. The van der Waals surface area contributed by atoms with Crippen LogP contribution >= 0.6 is 0 Å². The molecule has 2 aromatic rings. The highest BCUT2D eigenvalue weighted by molar-refractivity contribution is 5.85. The zero-order chi connectivity index (χ0) is 14.1. The van der Waals surface area contributed by atoms with E-state index in [0.29, 0.717) is 5.92 Å². The highest BCUT2D eigenvalue weighted by atomic mass is 15.2. The average Bonchev–Trinajstić information content (AvgIpc) is 2.46. The maximum Gasteiger partial charge on any atom is 0.144 e. The molecule has 0 bridgehead atoms. The third-order valence-corrected chi connectivity index (χ3v) is 4.50. The van der Waals surface area contributed by atoms with Crippen molar-refractivity contribution < 1.29 is 0 Å². The summed E-state index contributed by atoms with van der Waals surface area (Å²) in [4.78, 5) is 4.75. The lowest BCUT2D eigenvalue weighted by atomic mass is 9.83. The summed E-state index contributed by atoms with van der Waals surface area (Å²) in [6, 6.07) is 6.67. The highest BCUT2D eigenvalue weighted by Gasteiger charge is 2.20. The Bertz CT molecular complexity index is 628. The molecular formula is C17H23N3. The zero-order valence-corrected chi connectivity index (χ0v) is 12.4. The molecule has 1 aromatic carbocycles. The van der Waals surface area contributed by atoms with Gasteiger partial charge in [0.15, 0.2) is 0 Å². The minimum atomic E-state index is 0.604. The molecule has 3 heteroatoms. The van der Waals surface area contributed by atoms with Gasteiger partial charge >= 0.3 is 0 Å². The lowest BCUT2D eigenvalue weighted by Crippen LogP contribution is -2.15. The number of hydrogen-bond donors (Lipinski definition) is 2. The van der Waals surface area contributed by atoms with Crippen LogP contribution < -0.4 is 11.3 Å². The first-order chi connectivity index (χ1) is 9.69. The molecule has 1 saturated carbocycles. The lowest BCUT2D eigenvalue weighted by molar-refractivity contribution is 0.444. The first kappa shape index (κ1) is 13.4. The normalized spacial score (nSPS) is 16.6. The van der Waals surface area contributed by atoms with Gasteiger partial charge in [0, 0.05) is 5.39 Å². The Morgan fingerprint density at radius 3 is 2.55 bits per heavy atom. The third kappa shape index (κ3) is 2.38. The van der Waals surface area contributed by atoms with Crippen LogP contribution in [0.2, 0.25) is 0 Å². The van der Waals surface area contributed by atoms with Crippen molar-refractivity contribution in [2.24, 2.45) is 5.84 Å². The van der Waals surface area contributed by atoms with Crippen molar-refractivity contribution in [3.63, 3.8) is 0 Å². The molecular weight excluding hydrogens is 246 g/mol. The van der Waals surface area contributed by atoms with E-state index in [-0.39, 0.29) is 0 Å². The number of nitrogens with two attached hydrogens (primary N) is 1. The summed E-state index contributed by atoms with van der Waals surface area (Å²) in [5, 5.41) is 1.26. The maximum absolute atomic E-state index is 5.71. The van der Waals surface area contributed by atoms with Gasteiger partial charge in [0.25, 0.3) is 0 Å². The monoisotopic (exact) mass is 269 g/mol. The first-order valence-corrected chi connectivity index (χ1v) is 7.57. The van der Waals surface area contributed by atoms with Crippen molar-refractivity contribution in [3.05, 3.63) is 34.9 Å². The number of aryl methyl sites for hydroxylation is 2. The number of nitrogens with one attached hydrogen (secondary N) is 1. The largest absolute Gasteiger partial charge is 0.308 e. The van der Waals surface area contributed by atoms with Crippen LogP contribution in [0.3, 0.4) is 0 Å². The molecule has 3 N–H and O–H groups in total. The van der Waals surface area contributed by atoms with Crippen LogP contribution in [0.5, 0.6) is 0 Å². The Labute approximate surface area is 120 Å². The molecule has 1 aromatic heterocycles. The van der Waals surface area contributed by atoms with Gasteiger partial charge in [-0.1, -0.05) is 25.3 Å². The van der Waals surface area contributed by atoms with Crippen molar-refractivity contribution >= 4 is 16.7 Å². The molecule has 0 aliphatic heterocycles. The second-order valence-corrected chi connectivity index (χ2v) is 6.05. The van der Waals surface area contributed by atoms with E-state index in [2.05, 4.69) is 37.5 Å². The van der Waals surface area contributed by atoms with Crippen LogP contribution in [0, 0.1) is 13.8 Å². The minimum Gasteiger partial charge on any atom is -0.308 e. The van der Waals surface area contributed by atoms with E-state index in [0.717, 1.165) is 11.3 Å². The van der Waals surface area contributed by atoms with E-state index in [1.807, 2.05) is 0 Å². The van der Waals surface area contributed by atoms with E-state index in [1.54, 1.807) is 0 Å². The van der Waals surface area contributed by atoms with Crippen molar-refractivity contribution in [1.82, 2.24) is 4.98 Å². The van der Waals surface area contributed by atoms with Gasteiger partial charge < -0.3 is 5.43 Å². The fourth-order valence-electron chi connectivity index (χ4n) is 3.49. The molecule has 0 atom stereocenters. The van der Waals surface area contributed by atoms with Gasteiger partial charge in [-0.15, -0.1) is 0 Å². The molecule has 106 valence electrons. The number of rotatable bonds is 2. The minimum absolute atomic E-state index is 0.604. The predicted octanol–water partition coefficient (Wildman–Crippen LogP) is 4.18. The van der Waals surface area contributed by atoms with Crippen molar-refractivity contribution in [1.29, 1.82) is 0 Å². The Kier molecular flexibility index (Phi) is 3.62. The van der Waals surface area contributed by atoms with Gasteiger partial charge in [-0.25, -0.2) is 10.8 Å². The predicted molar refractivity (Wildman–Crippen MR) is 84.9 cm³/mol. The van der Waals surface area contributed by atoms with Crippen LogP contribution in [0.25, 0.3) is 10.9 Å². The number of benzene rings is 1. The second-order valence-electron chi connectivity index (χ2n) is 6.05. The van der Waals surface area contributed by atoms with Gasteiger partial charge in [0.1, 0.15) is 5.82 Å². The smallest absolute Gasteiger partial charge is 0.144 e. The van der Waals surface area contributed by atoms with Crippen LogP contribution in [0.15, 0.2) is 18.2 Å². The summed E-state index contributed by atoms with van der Waals surface area (Å²) in [5.74, 6) is 7.17. The zero-order valence-electron chi connectivity index (χ0n) is 12.4. The van der Waals surface area contributed by atoms with Crippen LogP contribution in [0.4, 0.5) is 5.82 Å². The third-order valence-electron chi connectivity index (χ3n) is 4.50. The van der Waals surface area contributed by atoms with Crippen molar-refractivity contribution in [2.45, 2.75) is 51.9 Å². The highest BCUT2D eigenvalue weighted by Crippen LogP contribution is 2.37. The standard InChI is InChI=1S/C17H23N3/c1-11-8-12(2)14-10-15(13-6-4-3-5-7-13)17(20-18)19-16(14)9-11/h8-10,13H,3-7,18H2,1-2H3,(H,19,20). The fraction of sp³-hybridized carbons (Fsp3) is 0.471. The molecule has 1 aliphatic carbocycles. The van der Waals surface area contributed by atoms with E-state index in [9.17, 15) is 0 Å². The molecule has 0 saturated heterocycles. The molecule has 1 fully saturated rings. The van der Waals surface area contributed by atoms with Crippen LogP contribution in [-0.4, -0.2) is 4.98 Å². The van der Waals surface area contributed by atoms with E-state index >= 15 is 0 Å². The van der Waals surface area contributed by atoms with Crippen molar-refractivity contribution in [2.75, 3.05) is 5.43 Å². The number of fused-ring (bicyclic) bond motifs is 1. The Balaban J connectivity index is 2.15. The number of hydrazine groups is 1. The Hall–Kier alpha value is -1.61. The summed E-state index contributed by atoms with van der Waals surface area (Å²) in [7, 11) is 0. The molecule has 3 nitrogen and oxygen atoms in total.